The molecular formula is C24H39N3O6S2. The van der Waals surface area contributed by atoms with Crippen molar-refractivity contribution in [1.29, 1.82) is 0 Å². The molecule has 35 heavy (non-hydrogen) atoms. The number of piperidine rings is 1. The number of sulfonamides is 2. The van der Waals surface area contributed by atoms with Crippen LogP contribution in [-0.2, 0) is 24.8 Å². The largest absolute Gasteiger partial charge is 0.444 e. The van der Waals surface area contributed by atoms with Crippen molar-refractivity contribution in [2.75, 3.05) is 26.2 Å². The summed E-state index contributed by atoms with van der Waals surface area (Å²) in [6, 6.07) is 5.46. The second-order valence-corrected chi connectivity index (χ2v) is 14.1. The number of benzene rings is 1. The molecule has 0 aromatic heterocycles. The first-order chi connectivity index (χ1) is 16.4. The second-order valence-electron chi connectivity index (χ2n) is 10.6. The topological polar surface area (TPSA) is 122 Å². The monoisotopic (exact) mass is 529 g/mol. The second kappa shape index (κ2) is 11.6. The van der Waals surface area contributed by atoms with E-state index in [0.29, 0.717) is 38.4 Å². The Morgan fingerprint density at radius 1 is 0.886 bits per heavy atom. The van der Waals surface area contributed by atoms with Crippen LogP contribution in [0.1, 0.15) is 65.7 Å². The van der Waals surface area contributed by atoms with Crippen LogP contribution in [-0.4, -0.2) is 59.6 Å². The summed E-state index contributed by atoms with van der Waals surface area (Å²) in [5, 5.41) is 0. The smallest absolute Gasteiger partial charge is 0.410 e. The first-order valence-corrected chi connectivity index (χ1v) is 15.4. The lowest BCUT2D eigenvalue weighted by molar-refractivity contribution is 0.0185. The van der Waals surface area contributed by atoms with E-state index < -0.39 is 25.6 Å². The maximum atomic E-state index is 12.9. The zero-order valence-corrected chi connectivity index (χ0v) is 22.6. The van der Waals surface area contributed by atoms with E-state index in [1.54, 1.807) is 4.90 Å². The van der Waals surface area contributed by atoms with Gasteiger partial charge in [0.1, 0.15) is 5.60 Å². The van der Waals surface area contributed by atoms with Crippen molar-refractivity contribution in [3.63, 3.8) is 0 Å². The van der Waals surface area contributed by atoms with E-state index in [1.807, 2.05) is 20.8 Å². The van der Waals surface area contributed by atoms with E-state index in [0.717, 1.165) is 25.7 Å². The van der Waals surface area contributed by atoms with E-state index in [2.05, 4.69) is 9.44 Å². The molecule has 1 aliphatic heterocycles. The Morgan fingerprint density at radius 3 is 1.86 bits per heavy atom. The maximum absolute atomic E-state index is 12.9. The number of carbonyl (C=O) groups excluding carboxylic acids is 1. The molecule has 1 saturated heterocycles. The summed E-state index contributed by atoms with van der Waals surface area (Å²) < 4.78 is 61.9. The van der Waals surface area contributed by atoms with Crippen molar-refractivity contribution in [2.24, 2.45) is 11.8 Å². The van der Waals surface area contributed by atoms with Gasteiger partial charge in [-0.3, -0.25) is 0 Å². The Labute approximate surface area is 210 Å². The van der Waals surface area contributed by atoms with Gasteiger partial charge in [0.2, 0.25) is 20.0 Å². The molecule has 9 nitrogen and oxygen atoms in total. The number of ether oxygens (including phenoxy) is 1. The zero-order chi connectivity index (χ0) is 25.7. The van der Waals surface area contributed by atoms with E-state index >= 15 is 0 Å². The number of nitrogens with one attached hydrogen (secondary N) is 2. The molecule has 1 heterocycles. The van der Waals surface area contributed by atoms with Crippen LogP contribution < -0.4 is 9.44 Å². The predicted molar refractivity (Wildman–Crippen MR) is 134 cm³/mol. The van der Waals surface area contributed by atoms with Crippen molar-refractivity contribution in [2.45, 2.75) is 81.1 Å². The minimum Gasteiger partial charge on any atom is -0.444 e. The Balaban J connectivity index is 1.54. The van der Waals surface area contributed by atoms with Crippen LogP contribution in [0.5, 0.6) is 0 Å². The highest BCUT2D eigenvalue weighted by Crippen LogP contribution is 2.24. The fraction of sp³-hybridized carbons (Fsp3) is 0.708. The summed E-state index contributed by atoms with van der Waals surface area (Å²) >= 11 is 0. The van der Waals surface area contributed by atoms with Gasteiger partial charge in [0.05, 0.1) is 9.79 Å². The molecule has 3 rings (SSSR count). The summed E-state index contributed by atoms with van der Waals surface area (Å²) in [6.07, 6.45) is 6.40. The number of carbonyl (C=O) groups is 1. The van der Waals surface area contributed by atoms with E-state index in [4.69, 9.17) is 4.74 Å². The van der Waals surface area contributed by atoms with Gasteiger partial charge < -0.3 is 9.64 Å². The van der Waals surface area contributed by atoms with Crippen LogP contribution in [0.2, 0.25) is 0 Å². The van der Waals surface area contributed by atoms with E-state index in [1.165, 1.54) is 30.7 Å². The van der Waals surface area contributed by atoms with Crippen LogP contribution in [0.3, 0.4) is 0 Å². The third-order valence-corrected chi connectivity index (χ3v) is 9.38. The highest BCUT2D eigenvalue weighted by molar-refractivity contribution is 7.90. The molecule has 0 spiro atoms. The Kier molecular flexibility index (Phi) is 9.22. The minimum atomic E-state index is -3.88. The van der Waals surface area contributed by atoms with Gasteiger partial charge in [0, 0.05) is 26.2 Å². The molecule has 2 N–H and O–H groups in total. The van der Waals surface area contributed by atoms with E-state index in [-0.39, 0.29) is 28.3 Å². The fourth-order valence-corrected chi connectivity index (χ4v) is 6.87. The number of amides is 1. The Hall–Kier alpha value is -1.69. The molecule has 0 bridgehead atoms. The van der Waals surface area contributed by atoms with Crippen molar-refractivity contribution in [3.05, 3.63) is 24.3 Å². The lowest BCUT2D eigenvalue weighted by atomic mass is 9.90. The predicted octanol–water partition coefficient (Wildman–Crippen LogP) is 3.47. The van der Waals surface area contributed by atoms with Gasteiger partial charge in [0.25, 0.3) is 0 Å². The summed E-state index contributed by atoms with van der Waals surface area (Å²) in [7, 11) is -7.68. The highest BCUT2D eigenvalue weighted by Gasteiger charge is 2.28. The molecular weight excluding hydrogens is 490 g/mol. The zero-order valence-electron chi connectivity index (χ0n) is 21.0. The van der Waals surface area contributed by atoms with Crippen LogP contribution in [0, 0.1) is 11.8 Å². The molecule has 2 aliphatic rings. The molecule has 1 amide bonds. The van der Waals surface area contributed by atoms with Gasteiger partial charge in [-0.25, -0.2) is 31.1 Å². The average molecular weight is 530 g/mol. The lowest BCUT2D eigenvalue weighted by Crippen LogP contribution is -2.43. The molecule has 1 saturated carbocycles. The van der Waals surface area contributed by atoms with Gasteiger partial charge in [-0.05, 0) is 76.5 Å². The van der Waals surface area contributed by atoms with Crippen molar-refractivity contribution in [1.82, 2.24) is 14.3 Å². The maximum Gasteiger partial charge on any atom is 0.410 e. The third kappa shape index (κ3) is 8.44. The van der Waals surface area contributed by atoms with Crippen LogP contribution in [0.15, 0.2) is 34.1 Å². The SMILES string of the molecule is CC(C)(C)OC(=O)N1CCC(CNS(=O)(=O)c2cccc(S(=O)(=O)NCC3CCCCC3)c2)CC1. The van der Waals surface area contributed by atoms with Crippen molar-refractivity contribution < 1.29 is 26.4 Å². The molecule has 1 aliphatic carbocycles. The van der Waals surface area contributed by atoms with Gasteiger partial charge in [-0.2, -0.15) is 0 Å². The minimum absolute atomic E-state index is 0.0538. The molecule has 198 valence electrons. The normalized spacial score (nSPS) is 19.0. The first-order valence-electron chi connectivity index (χ1n) is 12.4. The molecule has 1 aromatic carbocycles. The average Bonchev–Trinajstić information content (AvgIpc) is 2.81. The summed E-state index contributed by atoms with van der Waals surface area (Å²) in [6.45, 7) is 7.06. The molecule has 1 aromatic rings. The number of nitrogens with zero attached hydrogens (tertiary/aromatic N) is 1. The van der Waals surface area contributed by atoms with Crippen molar-refractivity contribution in [3.8, 4) is 0 Å². The number of hydrogen-bond donors (Lipinski definition) is 2. The molecule has 0 unspecified atom stereocenters. The van der Waals surface area contributed by atoms with Gasteiger partial charge in [0.15, 0.2) is 0 Å². The Morgan fingerprint density at radius 2 is 1.37 bits per heavy atom. The molecule has 2 fully saturated rings. The number of rotatable bonds is 8. The molecule has 0 atom stereocenters. The number of hydrogen-bond acceptors (Lipinski definition) is 6. The first kappa shape index (κ1) is 27.9. The van der Waals surface area contributed by atoms with Crippen molar-refractivity contribution >= 4 is 26.1 Å². The Bertz CT molecular complexity index is 1070. The van der Waals surface area contributed by atoms with Gasteiger partial charge >= 0.3 is 6.09 Å². The standard InChI is InChI=1S/C24H39N3O6S2/c1-24(2,3)33-23(28)27-14-12-20(13-15-27)18-26-35(31,32)22-11-7-10-21(16-22)34(29,30)25-17-19-8-5-4-6-9-19/h7,10-11,16,19-20,25-26H,4-6,8-9,12-15,17-18H2,1-3H3. The summed E-state index contributed by atoms with van der Waals surface area (Å²) in [5.74, 6) is 0.404. The van der Waals surface area contributed by atoms with Crippen LogP contribution in [0.4, 0.5) is 4.79 Å². The molecule has 0 radical (unpaired) electrons. The number of likely N-dealkylation sites (tertiary alicyclic amines) is 1. The van der Waals surface area contributed by atoms with Crippen LogP contribution in [0.25, 0.3) is 0 Å². The fourth-order valence-electron chi connectivity index (χ4n) is 4.47. The lowest BCUT2D eigenvalue weighted by Gasteiger charge is -2.33. The van der Waals surface area contributed by atoms with Gasteiger partial charge in [-0.15, -0.1) is 0 Å². The van der Waals surface area contributed by atoms with Crippen LogP contribution >= 0.6 is 0 Å². The third-order valence-electron chi connectivity index (χ3n) is 6.54. The van der Waals surface area contributed by atoms with E-state index in [9.17, 15) is 21.6 Å². The highest BCUT2D eigenvalue weighted by atomic mass is 32.2. The summed E-state index contributed by atoms with van der Waals surface area (Å²) in [4.78, 5) is 13.7. The summed E-state index contributed by atoms with van der Waals surface area (Å²) in [5.41, 5.74) is -0.559. The molecule has 11 heteroatoms. The quantitative estimate of drug-likeness (QED) is 0.532. The van der Waals surface area contributed by atoms with Gasteiger partial charge in [-0.1, -0.05) is 25.3 Å².